The largest absolute Gasteiger partial charge is 0.507 e. The molecule has 1 aliphatic carbocycles. The number of anilines is 1. The molecule has 10 heteroatoms. The van der Waals surface area contributed by atoms with E-state index in [2.05, 4.69) is 20.6 Å². The van der Waals surface area contributed by atoms with Crippen LogP contribution in [0, 0.1) is 13.8 Å². The molecule has 186 valence electrons. The van der Waals surface area contributed by atoms with Gasteiger partial charge in [-0.25, -0.2) is 9.78 Å². The maximum Gasteiger partial charge on any atom is 0.335 e. The fourth-order valence-electron chi connectivity index (χ4n) is 4.12. The average Bonchev–Trinajstić information content (AvgIpc) is 3.53. The number of nitrogens with one attached hydrogen (secondary N) is 1. The number of carbonyl (C=O) groups excluding carboxylic acids is 1. The van der Waals surface area contributed by atoms with Gasteiger partial charge in [0.25, 0.3) is 0 Å². The SMILES string of the molecule is Cc1ccc(N2N=C(c3nccs3)C(=NNC3(C(=O)O)C=CC=C(c4ccccc4O)C3)C2=O)cc1C. The second-order valence-electron chi connectivity index (χ2n) is 8.77. The van der Waals surface area contributed by atoms with E-state index in [1.54, 1.807) is 54.1 Å². The summed E-state index contributed by atoms with van der Waals surface area (Å²) in [5.74, 6) is -1.64. The van der Waals surface area contributed by atoms with Gasteiger partial charge in [0, 0.05) is 23.6 Å². The Hall–Kier alpha value is -4.57. The smallest absolute Gasteiger partial charge is 0.335 e. The quantitative estimate of drug-likeness (QED) is 0.427. The molecule has 2 heterocycles. The molecule has 1 amide bonds. The number of amides is 1. The molecule has 1 unspecified atom stereocenters. The number of benzene rings is 2. The Morgan fingerprint density at radius 3 is 2.70 bits per heavy atom. The zero-order valence-electron chi connectivity index (χ0n) is 20.0. The third kappa shape index (κ3) is 4.43. The van der Waals surface area contributed by atoms with E-state index in [9.17, 15) is 19.8 Å². The van der Waals surface area contributed by atoms with Crippen molar-refractivity contribution in [2.24, 2.45) is 10.2 Å². The Morgan fingerprint density at radius 1 is 1.19 bits per heavy atom. The summed E-state index contributed by atoms with van der Waals surface area (Å²) in [6.45, 7) is 3.93. The lowest BCUT2D eigenvalue weighted by Crippen LogP contribution is -2.50. The standard InChI is InChI=1S/C27H23N5O4S/c1-16-9-10-19(14-17(16)2)32-25(34)23(22(30-32)24-28-12-13-37-24)29-31-27(26(35)36)11-5-6-18(15-27)20-7-3-4-8-21(20)33/h3-14,31,33H,15H2,1-2H3,(H,35,36). The number of para-hydroxylation sites is 1. The van der Waals surface area contributed by atoms with Crippen LogP contribution in [0.5, 0.6) is 5.75 Å². The number of allylic oxidation sites excluding steroid dienone is 2. The molecule has 5 rings (SSSR count). The first-order chi connectivity index (χ1) is 17.8. The molecule has 0 spiro atoms. The molecule has 0 saturated carbocycles. The van der Waals surface area contributed by atoms with E-state index in [0.717, 1.165) is 11.1 Å². The number of phenols is 1. The first-order valence-electron chi connectivity index (χ1n) is 11.4. The molecule has 0 radical (unpaired) electrons. The highest BCUT2D eigenvalue weighted by Crippen LogP contribution is 2.35. The Bertz CT molecular complexity index is 1520. The summed E-state index contributed by atoms with van der Waals surface area (Å²) in [7, 11) is 0. The highest BCUT2D eigenvalue weighted by atomic mass is 32.1. The maximum absolute atomic E-state index is 13.5. The number of aromatic hydroxyl groups is 1. The summed E-state index contributed by atoms with van der Waals surface area (Å²) < 4.78 is 0. The van der Waals surface area contributed by atoms with Crippen LogP contribution in [-0.2, 0) is 9.59 Å². The summed E-state index contributed by atoms with van der Waals surface area (Å²) in [4.78, 5) is 30.3. The summed E-state index contributed by atoms with van der Waals surface area (Å²) in [5, 5.41) is 32.8. The first kappa shape index (κ1) is 24.1. The number of hydrogen-bond acceptors (Lipinski definition) is 8. The van der Waals surface area contributed by atoms with E-state index >= 15 is 0 Å². The number of nitrogens with zero attached hydrogens (tertiary/aromatic N) is 4. The van der Waals surface area contributed by atoms with Crippen LogP contribution >= 0.6 is 11.3 Å². The molecule has 0 bridgehead atoms. The lowest BCUT2D eigenvalue weighted by Gasteiger charge is -2.29. The summed E-state index contributed by atoms with van der Waals surface area (Å²) in [6.07, 6.45) is 6.41. The number of phenolic OH excluding ortho intramolecular Hbond substituents is 1. The fourth-order valence-corrected chi connectivity index (χ4v) is 4.74. The number of aromatic nitrogens is 1. The van der Waals surface area contributed by atoms with Crippen molar-refractivity contribution >= 4 is 45.9 Å². The maximum atomic E-state index is 13.5. The molecular weight excluding hydrogens is 490 g/mol. The number of carboxylic acid groups (broad SMARTS) is 1. The molecule has 2 aromatic carbocycles. The molecule has 0 saturated heterocycles. The minimum atomic E-state index is -1.65. The van der Waals surface area contributed by atoms with Gasteiger partial charge in [-0.3, -0.25) is 10.2 Å². The first-order valence-corrected chi connectivity index (χ1v) is 12.3. The predicted molar refractivity (Wildman–Crippen MR) is 143 cm³/mol. The van der Waals surface area contributed by atoms with Gasteiger partial charge >= 0.3 is 11.9 Å². The third-order valence-corrected chi connectivity index (χ3v) is 7.12. The fraction of sp³-hybridized carbons (Fsp3) is 0.148. The average molecular weight is 514 g/mol. The van der Waals surface area contributed by atoms with Crippen LogP contribution in [0.1, 0.15) is 28.1 Å². The van der Waals surface area contributed by atoms with Gasteiger partial charge in [0.2, 0.25) is 0 Å². The van der Waals surface area contributed by atoms with E-state index in [-0.39, 0.29) is 23.6 Å². The van der Waals surface area contributed by atoms with Crippen LogP contribution < -0.4 is 10.4 Å². The van der Waals surface area contributed by atoms with Gasteiger partial charge in [-0.05, 0) is 54.8 Å². The lowest BCUT2D eigenvalue weighted by atomic mass is 9.84. The van der Waals surface area contributed by atoms with E-state index in [0.29, 0.717) is 21.8 Å². The summed E-state index contributed by atoms with van der Waals surface area (Å²) in [5.41, 5.74) is 5.08. The molecule has 1 aromatic heterocycles. The van der Waals surface area contributed by atoms with Crippen molar-refractivity contribution < 1.29 is 19.8 Å². The minimum absolute atomic E-state index is 0.00796. The summed E-state index contributed by atoms with van der Waals surface area (Å²) >= 11 is 1.30. The second kappa shape index (κ2) is 9.47. The number of rotatable bonds is 6. The van der Waals surface area contributed by atoms with Crippen LogP contribution in [0.15, 0.2) is 82.5 Å². The molecular formula is C27H23N5O4S. The number of thiazole rings is 1. The van der Waals surface area contributed by atoms with Crippen LogP contribution in [0.4, 0.5) is 5.69 Å². The Morgan fingerprint density at radius 2 is 2.00 bits per heavy atom. The molecule has 3 aromatic rings. The Balaban J connectivity index is 1.51. The van der Waals surface area contributed by atoms with Gasteiger partial charge in [-0.2, -0.15) is 15.2 Å². The van der Waals surface area contributed by atoms with Gasteiger partial charge in [0.05, 0.1) is 5.69 Å². The normalized spacial score (nSPS) is 20.2. The Kier molecular flexibility index (Phi) is 6.18. The molecule has 1 atom stereocenters. The highest BCUT2D eigenvalue weighted by molar-refractivity contribution is 7.13. The number of hydrazone groups is 2. The zero-order valence-corrected chi connectivity index (χ0v) is 20.9. The van der Waals surface area contributed by atoms with Crippen LogP contribution in [0.3, 0.4) is 0 Å². The number of aliphatic carboxylic acids is 1. The van der Waals surface area contributed by atoms with Gasteiger partial charge in [-0.1, -0.05) is 36.4 Å². The van der Waals surface area contributed by atoms with Gasteiger partial charge in [0.1, 0.15) is 10.8 Å². The monoisotopic (exact) mass is 513 g/mol. The molecule has 2 aliphatic rings. The molecule has 9 nitrogen and oxygen atoms in total. The van der Waals surface area contributed by atoms with Gasteiger partial charge in [-0.15, -0.1) is 11.3 Å². The van der Waals surface area contributed by atoms with E-state index in [4.69, 9.17) is 0 Å². The van der Waals surface area contributed by atoms with Crippen molar-refractivity contribution in [3.63, 3.8) is 0 Å². The van der Waals surface area contributed by atoms with Crippen LogP contribution in [0.25, 0.3) is 5.57 Å². The van der Waals surface area contributed by atoms with Gasteiger partial charge < -0.3 is 10.2 Å². The molecule has 0 fully saturated rings. The van der Waals surface area contributed by atoms with Crippen molar-refractivity contribution in [3.05, 3.63) is 94.0 Å². The molecule has 3 N–H and O–H groups in total. The number of carbonyl (C=O) groups is 2. The van der Waals surface area contributed by atoms with Crippen molar-refractivity contribution in [2.45, 2.75) is 25.8 Å². The van der Waals surface area contributed by atoms with Crippen molar-refractivity contribution in [1.82, 2.24) is 10.4 Å². The Labute approximate surface area is 216 Å². The zero-order chi connectivity index (χ0) is 26.2. The topological polar surface area (TPSA) is 127 Å². The highest BCUT2D eigenvalue weighted by Gasteiger charge is 2.41. The van der Waals surface area contributed by atoms with Crippen molar-refractivity contribution in [1.29, 1.82) is 0 Å². The summed E-state index contributed by atoms with van der Waals surface area (Å²) in [6, 6.07) is 12.3. The van der Waals surface area contributed by atoms with Crippen LogP contribution in [0.2, 0.25) is 0 Å². The van der Waals surface area contributed by atoms with E-state index < -0.39 is 17.4 Å². The minimum Gasteiger partial charge on any atom is -0.507 e. The number of carboxylic acids is 1. The second-order valence-corrected chi connectivity index (χ2v) is 9.66. The van der Waals surface area contributed by atoms with E-state index in [1.807, 2.05) is 26.0 Å². The van der Waals surface area contributed by atoms with Crippen molar-refractivity contribution in [2.75, 3.05) is 5.01 Å². The van der Waals surface area contributed by atoms with Crippen molar-refractivity contribution in [3.8, 4) is 5.75 Å². The van der Waals surface area contributed by atoms with Gasteiger partial charge in [0.15, 0.2) is 17.0 Å². The van der Waals surface area contributed by atoms with Crippen LogP contribution in [-0.4, -0.2) is 44.0 Å². The number of hydrogen-bond donors (Lipinski definition) is 3. The lowest BCUT2D eigenvalue weighted by molar-refractivity contribution is -0.142. The third-order valence-electron chi connectivity index (χ3n) is 6.34. The predicted octanol–water partition coefficient (Wildman–Crippen LogP) is 4.03. The number of aryl methyl sites for hydroxylation is 2. The molecule has 37 heavy (non-hydrogen) atoms. The molecule has 1 aliphatic heterocycles. The van der Waals surface area contributed by atoms with E-state index in [1.165, 1.54) is 22.4 Å².